The zero-order chi connectivity index (χ0) is 10.1. The molecule has 4 nitrogen and oxygen atoms in total. The number of esters is 1. The Hall–Kier alpha value is -0.610. The monoisotopic (exact) mass is 187 g/mol. The molecule has 0 radical (unpaired) electrons. The van der Waals surface area contributed by atoms with E-state index in [1.54, 1.807) is 0 Å². The van der Waals surface area contributed by atoms with Crippen molar-refractivity contribution in [3.05, 3.63) is 0 Å². The number of carbonyl (C=O) groups excluding carboxylic acids is 1. The van der Waals surface area contributed by atoms with E-state index >= 15 is 0 Å². The second kappa shape index (κ2) is 3.64. The lowest BCUT2D eigenvalue weighted by Crippen LogP contribution is -2.53. The summed E-state index contributed by atoms with van der Waals surface area (Å²) >= 11 is 0. The van der Waals surface area contributed by atoms with E-state index in [1.165, 1.54) is 0 Å². The number of carbonyl (C=O) groups is 1. The van der Waals surface area contributed by atoms with Crippen LogP contribution in [0, 0.1) is 0 Å². The fourth-order valence-corrected chi connectivity index (χ4v) is 1.23. The summed E-state index contributed by atoms with van der Waals surface area (Å²) in [7, 11) is 0. The number of hydrogen-bond acceptors (Lipinski definition) is 4. The van der Waals surface area contributed by atoms with Gasteiger partial charge >= 0.3 is 5.97 Å². The number of likely N-dealkylation sites (tertiary alicyclic amines) is 1. The van der Waals surface area contributed by atoms with Crippen LogP contribution in [-0.4, -0.2) is 47.3 Å². The molecule has 0 atom stereocenters. The highest BCUT2D eigenvalue weighted by Crippen LogP contribution is 2.10. The van der Waals surface area contributed by atoms with Crippen LogP contribution in [0.4, 0.5) is 0 Å². The number of β-amino-alcohol motifs (C(OH)–C–C–N with tert-alkyl or cyclic N) is 1. The molecular weight excluding hydrogens is 170 g/mol. The highest BCUT2D eigenvalue weighted by Gasteiger charge is 2.27. The first kappa shape index (κ1) is 10.5. The molecule has 1 saturated heterocycles. The molecule has 1 aliphatic heterocycles. The summed E-state index contributed by atoms with van der Waals surface area (Å²) in [4.78, 5) is 13.1. The van der Waals surface area contributed by atoms with Crippen molar-refractivity contribution in [1.82, 2.24) is 4.90 Å². The zero-order valence-corrected chi connectivity index (χ0v) is 8.41. The number of nitrogens with zero attached hydrogens (tertiary/aromatic N) is 1. The Morgan fingerprint density at radius 3 is 2.46 bits per heavy atom. The second-order valence-corrected chi connectivity index (χ2v) is 4.43. The van der Waals surface area contributed by atoms with Crippen LogP contribution in [-0.2, 0) is 9.53 Å². The molecule has 1 rings (SSSR count). The lowest BCUT2D eigenvalue weighted by molar-refractivity contribution is -0.158. The maximum Gasteiger partial charge on any atom is 0.320 e. The lowest BCUT2D eigenvalue weighted by Gasteiger charge is -2.35. The van der Waals surface area contributed by atoms with Crippen LogP contribution >= 0.6 is 0 Å². The first-order valence-corrected chi connectivity index (χ1v) is 4.49. The molecule has 1 aliphatic rings. The first-order chi connectivity index (χ1) is 5.87. The van der Waals surface area contributed by atoms with Crippen LogP contribution in [0.2, 0.25) is 0 Å². The Bertz CT molecular complexity index is 192. The summed E-state index contributed by atoms with van der Waals surface area (Å²) < 4.78 is 5.12. The largest absolute Gasteiger partial charge is 0.459 e. The molecule has 4 heteroatoms. The summed E-state index contributed by atoms with van der Waals surface area (Å²) in [6.07, 6.45) is -0.262. The van der Waals surface area contributed by atoms with E-state index in [4.69, 9.17) is 9.84 Å². The molecule has 1 fully saturated rings. The number of hydrogen-bond donors (Lipinski definition) is 1. The molecule has 76 valence electrons. The minimum Gasteiger partial charge on any atom is -0.459 e. The molecule has 0 unspecified atom stereocenters. The summed E-state index contributed by atoms with van der Waals surface area (Å²) in [5.41, 5.74) is -0.416. The van der Waals surface area contributed by atoms with Gasteiger partial charge in [-0.25, -0.2) is 0 Å². The van der Waals surface area contributed by atoms with E-state index in [1.807, 2.05) is 25.7 Å². The normalized spacial score (nSPS) is 19.7. The summed E-state index contributed by atoms with van der Waals surface area (Å²) in [6, 6.07) is 0. The Labute approximate surface area is 78.5 Å². The van der Waals surface area contributed by atoms with Crippen LogP contribution < -0.4 is 0 Å². The standard InChI is InChI=1S/C9H17NO3/c1-9(2,3)13-8(12)6-10-4-7(11)5-10/h7,11H,4-6H2,1-3H3. The number of ether oxygens (including phenoxy) is 1. The van der Waals surface area contributed by atoms with Crippen molar-refractivity contribution in [3.8, 4) is 0 Å². The molecule has 0 saturated carbocycles. The highest BCUT2D eigenvalue weighted by molar-refractivity contribution is 5.72. The molecule has 1 heterocycles. The lowest BCUT2D eigenvalue weighted by atomic mass is 10.1. The van der Waals surface area contributed by atoms with Gasteiger partial charge in [0.05, 0.1) is 12.6 Å². The van der Waals surface area contributed by atoms with Crippen molar-refractivity contribution in [2.75, 3.05) is 19.6 Å². The quantitative estimate of drug-likeness (QED) is 0.618. The van der Waals surface area contributed by atoms with Gasteiger partial charge in [0, 0.05) is 13.1 Å². The molecule has 0 aliphatic carbocycles. The smallest absolute Gasteiger partial charge is 0.320 e. The van der Waals surface area contributed by atoms with Crippen molar-refractivity contribution in [1.29, 1.82) is 0 Å². The third-order valence-corrected chi connectivity index (χ3v) is 1.71. The van der Waals surface area contributed by atoms with Crippen molar-refractivity contribution < 1.29 is 14.6 Å². The molecule has 13 heavy (non-hydrogen) atoms. The van der Waals surface area contributed by atoms with Gasteiger partial charge in [0.15, 0.2) is 0 Å². The van der Waals surface area contributed by atoms with E-state index in [2.05, 4.69) is 0 Å². The Kier molecular flexibility index (Phi) is 2.93. The molecule has 1 N–H and O–H groups in total. The first-order valence-electron chi connectivity index (χ1n) is 4.49. The molecule has 0 aromatic rings. The van der Waals surface area contributed by atoms with Crippen LogP contribution in [0.1, 0.15) is 20.8 Å². The number of rotatable bonds is 2. The minimum absolute atomic E-state index is 0.223. The predicted molar refractivity (Wildman–Crippen MR) is 48.3 cm³/mol. The third-order valence-electron chi connectivity index (χ3n) is 1.71. The fraction of sp³-hybridized carbons (Fsp3) is 0.889. The SMILES string of the molecule is CC(C)(C)OC(=O)CN1CC(O)C1. The van der Waals surface area contributed by atoms with Gasteiger partial charge in [0.2, 0.25) is 0 Å². The maximum atomic E-state index is 11.2. The van der Waals surface area contributed by atoms with Gasteiger partial charge in [-0.1, -0.05) is 0 Å². The van der Waals surface area contributed by atoms with Gasteiger partial charge in [-0.2, -0.15) is 0 Å². The van der Waals surface area contributed by atoms with Crippen LogP contribution in [0.5, 0.6) is 0 Å². The third kappa shape index (κ3) is 3.74. The van der Waals surface area contributed by atoms with Gasteiger partial charge in [-0.15, -0.1) is 0 Å². The van der Waals surface area contributed by atoms with E-state index in [0.29, 0.717) is 13.1 Å². The molecule has 0 aromatic heterocycles. The summed E-state index contributed by atoms with van der Waals surface area (Å²) in [5.74, 6) is -0.223. The number of aliphatic hydroxyl groups excluding tert-OH is 1. The average Bonchev–Trinajstić information content (AvgIpc) is 1.79. The van der Waals surface area contributed by atoms with Gasteiger partial charge in [0.25, 0.3) is 0 Å². The fourth-order valence-electron chi connectivity index (χ4n) is 1.23. The average molecular weight is 187 g/mol. The summed E-state index contributed by atoms with van der Waals surface area (Å²) in [5, 5.41) is 8.97. The maximum absolute atomic E-state index is 11.2. The van der Waals surface area contributed by atoms with Crippen molar-refractivity contribution in [2.45, 2.75) is 32.5 Å². The molecule has 0 bridgehead atoms. The number of aliphatic hydroxyl groups is 1. The minimum atomic E-state index is -0.416. The van der Waals surface area contributed by atoms with Crippen molar-refractivity contribution in [3.63, 3.8) is 0 Å². The van der Waals surface area contributed by atoms with Crippen LogP contribution in [0.25, 0.3) is 0 Å². The zero-order valence-electron chi connectivity index (χ0n) is 8.41. The Balaban J connectivity index is 2.19. The Morgan fingerprint density at radius 2 is 2.08 bits per heavy atom. The molecule has 0 amide bonds. The van der Waals surface area contributed by atoms with Crippen molar-refractivity contribution in [2.24, 2.45) is 0 Å². The predicted octanol–water partition coefficient (Wildman–Crippen LogP) is 0.00460. The molecule has 0 aromatic carbocycles. The van der Waals surface area contributed by atoms with Gasteiger partial charge in [-0.05, 0) is 20.8 Å². The van der Waals surface area contributed by atoms with E-state index in [0.717, 1.165) is 0 Å². The van der Waals surface area contributed by atoms with Crippen LogP contribution in [0.15, 0.2) is 0 Å². The van der Waals surface area contributed by atoms with E-state index in [-0.39, 0.29) is 18.6 Å². The van der Waals surface area contributed by atoms with E-state index < -0.39 is 5.60 Å². The second-order valence-electron chi connectivity index (χ2n) is 4.43. The van der Waals surface area contributed by atoms with Gasteiger partial charge in [-0.3, -0.25) is 9.69 Å². The topological polar surface area (TPSA) is 49.8 Å². The van der Waals surface area contributed by atoms with Crippen LogP contribution in [0.3, 0.4) is 0 Å². The highest BCUT2D eigenvalue weighted by atomic mass is 16.6. The molecule has 0 spiro atoms. The van der Waals surface area contributed by atoms with Gasteiger partial charge < -0.3 is 9.84 Å². The van der Waals surface area contributed by atoms with E-state index in [9.17, 15) is 4.79 Å². The Morgan fingerprint density at radius 1 is 1.54 bits per heavy atom. The van der Waals surface area contributed by atoms with Gasteiger partial charge in [0.1, 0.15) is 5.60 Å². The summed E-state index contributed by atoms with van der Waals surface area (Å²) in [6.45, 7) is 6.98. The van der Waals surface area contributed by atoms with Crippen molar-refractivity contribution >= 4 is 5.97 Å². The molecular formula is C9H17NO3.